The SMILES string of the molecule is CC[Si](CC)(CCCc1ccccc1)OCC1(CCCOC(C)=O)CCCCC1. The zero-order chi connectivity index (χ0) is 21.0. The van der Waals surface area contributed by atoms with Crippen molar-refractivity contribution in [2.45, 2.75) is 96.7 Å². The van der Waals surface area contributed by atoms with E-state index in [0.29, 0.717) is 12.0 Å². The van der Waals surface area contributed by atoms with E-state index in [1.807, 2.05) is 0 Å². The van der Waals surface area contributed by atoms with E-state index < -0.39 is 8.32 Å². The van der Waals surface area contributed by atoms with Crippen LogP contribution in [0, 0.1) is 5.41 Å². The number of rotatable bonds is 13. The number of carbonyl (C=O) groups excluding carboxylic acids is 1. The Morgan fingerprint density at radius 1 is 1.03 bits per heavy atom. The minimum absolute atomic E-state index is 0.166. The molecule has 1 aromatic rings. The summed E-state index contributed by atoms with van der Waals surface area (Å²) in [5.41, 5.74) is 1.75. The lowest BCUT2D eigenvalue weighted by atomic mass is 9.72. The fraction of sp³-hybridized carbons (Fsp3) is 0.720. The average Bonchev–Trinajstić information content (AvgIpc) is 2.75. The van der Waals surface area contributed by atoms with Gasteiger partial charge >= 0.3 is 5.97 Å². The highest BCUT2D eigenvalue weighted by atomic mass is 28.4. The van der Waals surface area contributed by atoms with E-state index in [2.05, 4.69) is 44.2 Å². The van der Waals surface area contributed by atoms with Gasteiger partial charge in [0.05, 0.1) is 6.61 Å². The van der Waals surface area contributed by atoms with Crippen LogP contribution in [0.1, 0.15) is 77.7 Å². The van der Waals surface area contributed by atoms with Crippen molar-refractivity contribution < 1.29 is 14.0 Å². The predicted octanol–water partition coefficient (Wildman–Crippen LogP) is 6.91. The number of ether oxygens (including phenoxy) is 1. The topological polar surface area (TPSA) is 35.5 Å². The summed E-state index contributed by atoms with van der Waals surface area (Å²) >= 11 is 0. The van der Waals surface area contributed by atoms with Gasteiger partial charge in [0.15, 0.2) is 8.32 Å². The first-order chi connectivity index (χ1) is 14.0. The van der Waals surface area contributed by atoms with Crippen molar-refractivity contribution in [1.29, 1.82) is 0 Å². The van der Waals surface area contributed by atoms with E-state index in [4.69, 9.17) is 9.16 Å². The Kier molecular flexibility index (Phi) is 10.4. The van der Waals surface area contributed by atoms with Crippen LogP contribution in [-0.4, -0.2) is 27.5 Å². The smallest absolute Gasteiger partial charge is 0.302 e. The first-order valence-electron chi connectivity index (χ1n) is 11.8. The Morgan fingerprint density at radius 2 is 1.72 bits per heavy atom. The highest BCUT2D eigenvalue weighted by molar-refractivity contribution is 6.73. The monoisotopic (exact) mass is 418 g/mol. The van der Waals surface area contributed by atoms with E-state index in [1.165, 1.54) is 69.1 Å². The molecule has 4 heteroatoms. The summed E-state index contributed by atoms with van der Waals surface area (Å²) in [5, 5.41) is 0. The Bertz CT molecular complexity index is 577. The molecule has 29 heavy (non-hydrogen) atoms. The van der Waals surface area contributed by atoms with Gasteiger partial charge in [0.2, 0.25) is 0 Å². The normalized spacial score (nSPS) is 16.5. The Hall–Kier alpha value is -1.13. The molecule has 1 aromatic carbocycles. The van der Waals surface area contributed by atoms with Gasteiger partial charge in [0.1, 0.15) is 0 Å². The zero-order valence-electron chi connectivity index (χ0n) is 19.0. The summed E-state index contributed by atoms with van der Waals surface area (Å²) in [6.07, 6.45) is 11.0. The van der Waals surface area contributed by atoms with Crippen LogP contribution in [0.25, 0.3) is 0 Å². The lowest BCUT2D eigenvalue weighted by molar-refractivity contribution is -0.141. The second-order valence-corrected chi connectivity index (χ2v) is 13.6. The molecule has 2 rings (SSSR count). The van der Waals surface area contributed by atoms with Gasteiger partial charge in [-0.2, -0.15) is 0 Å². The molecule has 1 saturated carbocycles. The fourth-order valence-electron chi connectivity index (χ4n) is 4.88. The average molecular weight is 419 g/mol. The molecule has 0 bridgehead atoms. The van der Waals surface area contributed by atoms with E-state index in [9.17, 15) is 4.79 Å². The number of esters is 1. The number of aryl methyl sites for hydroxylation is 1. The number of hydrogen-bond acceptors (Lipinski definition) is 3. The molecule has 1 fully saturated rings. The largest absolute Gasteiger partial charge is 0.466 e. The molecule has 0 N–H and O–H groups in total. The van der Waals surface area contributed by atoms with Crippen molar-refractivity contribution in [1.82, 2.24) is 0 Å². The highest BCUT2D eigenvalue weighted by Gasteiger charge is 2.37. The standard InChI is InChI=1S/C25H42O3Si/c1-4-29(5-2,21-12-16-24-14-8-6-9-15-24)28-22-25(17-10-7-11-18-25)19-13-20-27-23(3)26/h6,8-9,14-15H,4-5,7,10-13,16-22H2,1-3H3. The molecule has 164 valence electrons. The molecule has 1 aliphatic rings. The van der Waals surface area contributed by atoms with Crippen LogP contribution in [0.3, 0.4) is 0 Å². The second kappa shape index (κ2) is 12.5. The maximum absolute atomic E-state index is 11.1. The molecule has 3 nitrogen and oxygen atoms in total. The Balaban J connectivity index is 1.90. The lowest BCUT2D eigenvalue weighted by Gasteiger charge is -2.41. The van der Waals surface area contributed by atoms with Gasteiger partial charge < -0.3 is 9.16 Å². The molecule has 0 atom stereocenters. The molecular formula is C25H42O3Si. The van der Waals surface area contributed by atoms with Crippen molar-refractivity contribution in [2.75, 3.05) is 13.2 Å². The fourth-order valence-corrected chi connectivity index (χ4v) is 8.07. The van der Waals surface area contributed by atoms with Gasteiger partial charge in [-0.25, -0.2) is 0 Å². The molecule has 1 aliphatic carbocycles. The van der Waals surface area contributed by atoms with Crippen molar-refractivity contribution >= 4 is 14.3 Å². The quantitative estimate of drug-likeness (QED) is 0.198. The highest BCUT2D eigenvalue weighted by Crippen LogP contribution is 2.42. The third-order valence-corrected chi connectivity index (χ3v) is 11.6. The van der Waals surface area contributed by atoms with Gasteiger partial charge in [-0.1, -0.05) is 63.4 Å². The number of hydrogen-bond donors (Lipinski definition) is 0. The maximum atomic E-state index is 11.1. The molecular weight excluding hydrogens is 376 g/mol. The van der Waals surface area contributed by atoms with Crippen LogP contribution < -0.4 is 0 Å². The second-order valence-electron chi connectivity index (χ2n) is 9.02. The first kappa shape index (κ1) is 24.1. The van der Waals surface area contributed by atoms with E-state index >= 15 is 0 Å². The summed E-state index contributed by atoms with van der Waals surface area (Å²) in [6, 6.07) is 14.5. The van der Waals surface area contributed by atoms with Crippen LogP contribution in [0.15, 0.2) is 30.3 Å². The van der Waals surface area contributed by atoms with Crippen molar-refractivity contribution in [2.24, 2.45) is 5.41 Å². The summed E-state index contributed by atoms with van der Waals surface area (Å²) < 4.78 is 12.1. The molecule has 0 spiro atoms. The predicted molar refractivity (Wildman–Crippen MR) is 124 cm³/mol. The van der Waals surface area contributed by atoms with Gasteiger partial charge in [-0.3, -0.25) is 4.79 Å². The van der Waals surface area contributed by atoms with E-state index in [1.54, 1.807) is 0 Å². The summed E-state index contributed by atoms with van der Waals surface area (Å²) in [5.74, 6) is -0.166. The van der Waals surface area contributed by atoms with Gasteiger partial charge in [-0.05, 0) is 67.6 Å². The van der Waals surface area contributed by atoms with Crippen LogP contribution in [0.2, 0.25) is 18.1 Å². The molecule has 0 radical (unpaired) electrons. The van der Waals surface area contributed by atoms with Crippen LogP contribution >= 0.6 is 0 Å². The molecule has 0 aliphatic heterocycles. The zero-order valence-corrected chi connectivity index (χ0v) is 20.0. The molecule has 0 aromatic heterocycles. The van der Waals surface area contributed by atoms with Crippen molar-refractivity contribution in [3.05, 3.63) is 35.9 Å². The summed E-state index contributed by atoms with van der Waals surface area (Å²) in [6.45, 7) is 7.65. The van der Waals surface area contributed by atoms with Crippen molar-refractivity contribution in [3.8, 4) is 0 Å². The van der Waals surface area contributed by atoms with Crippen LogP contribution in [-0.2, 0) is 20.4 Å². The summed E-state index contributed by atoms with van der Waals surface area (Å²) in [7, 11) is -1.68. The molecule has 0 unspecified atom stereocenters. The van der Waals surface area contributed by atoms with Gasteiger partial charge in [0.25, 0.3) is 0 Å². The minimum atomic E-state index is -1.68. The third kappa shape index (κ3) is 8.25. The van der Waals surface area contributed by atoms with E-state index in [0.717, 1.165) is 25.9 Å². The summed E-state index contributed by atoms with van der Waals surface area (Å²) in [4.78, 5) is 11.1. The first-order valence-corrected chi connectivity index (χ1v) is 14.4. The minimum Gasteiger partial charge on any atom is -0.466 e. The van der Waals surface area contributed by atoms with Crippen LogP contribution in [0.5, 0.6) is 0 Å². The van der Waals surface area contributed by atoms with Gasteiger partial charge in [0, 0.05) is 13.5 Å². The van der Waals surface area contributed by atoms with Gasteiger partial charge in [-0.15, -0.1) is 0 Å². The lowest BCUT2D eigenvalue weighted by Crippen LogP contribution is -2.42. The third-order valence-electron chi connectivity index (χ3n) is 6.98. The molecule has 0 amide bonds. The van der Waals surface area contributed by atoms with Crippen molar-refractivity contribution in [3.63, 3.8) is 0 Å². The number of benzene rings is 1. The maximum Gasteiger partial charge on any atom is 0.302 e. The van der Waals surface area contributed by atoms with Crippen LogP contribution in [0.4, 0.5) is 0 Å². The molecule has 0 heterocycles. The Morgan fingerprint density at radius 3 is 2.34 bits per heavy atom. The van der Waals surface area contributed by atoms with E-state index in [-0.39, 0.29) is 5.97 Å². The Labute approximate surface area is 179 Å². The number of carbonyl (C=O) groups is 1. The molecule has 0 saturated heterocycles.